The number of halogens is 2. The third kappa shape index (κ3) is 6.00. The van der Waals surface area contributed by atoms with Crippen LogP contribution in [0.15, 0.2) is 24.3 Å². The summed E-state index contributed by atoms with van der Waals surface area (Å²) in [5.74, 6) is 0.801. The number of piperidine rings is 1. The maximum Gasteiger partial charge on any atom is 0.0317 e. The Morgan fingerprint density at radius 1 is 1.37 bits per heavy atom. The van der Waals surface area contributed by atoms with Crippen molar-refractivity contribution in [1.29, 1.82) is 0 Å². The standard InChI is InChI=1S/C14H23N3.2ClH/c1-16-9-13-5-3-7-17(11-13)10-12-4-2-6-14(15)8-12;;/h2,4,6,8,13,16H,3,5,7,9-11,15H2,1H3;2*1H. The Morgan fingerprint density at radius 3 is 2.84 bits per heavy atom. The van der Waals surface area contributed by atoms with Gasteiger partial charge in [0.05, 0.1) is 0 Å². The summed E-state index contributed by atoms with van der Waals surface area (Å²) in [4.78, 5) is 2.54. The predicted octanol–water partition coefficient (Wildman–Crippen LogP) is 2.54. The molecule has 1 aliphatic rings. The largest absolute Gasteiger partial charge is 0.399 e. The number of nitrogens with two attached hydrogens (primary N) is 1. The van der Waals surface area contributed by atoms with Crippen molar-refractivity contribution in [2.75, 3.05) is 32.4 Å². The average Bonchev–Trinajstić information content (AvgIpc) is 2.30. The number of benzene rings is 1. The molecule has 0 radical (unpaired) electrons. The summed E-state index contributed by atoms with van der Waals surface area (Å²) in [5, 5.41) is 3.28. The lowest BCUT2D eigenvalue weighted by Gasteiger charge is -2.32. The Hall–Kier alpha value is -0.480. The van der Waals surface area contributed by atoms with Crippen LogP contribution in [0.3, 0.4) is 0 Å². The number of nitrogen functional groups attached to an aromatic ring is 1. The van der Waals surface area contributed by atoms with E-state index in [1.165, 1.54) is 31.5 Å². The fourth-order valence-corrected chi connectivity index (χ4v) is 2.70. The molecule has 110 valence electrons. The van der Waals surface area contributed by atoms with E-state index >= 15 is 0 Å². The second kappa shape index (κ2) is 9.43. The molecule has 3 N–H and O–H groups in total. The quantitative estimate of drug-likeness (QED) is 0.840. The zero-order valence-electron chi connectivity index (χ0n) is 11.5. The van der Waals surface area contributed by atoms with Crippen LogP contribution in [-0.2, 0) is 6.54 Å². The minimum atomic E-state index is 0. The van der Waals surface area contributed by atoms with Gasteiger partial charge in [0.1, 0.15) is 0 Å². The van der Waals surface area contributed by atoms with Gasteiger partial charge in [0.15, 0.2) is 0 Å². The molecule has 1 atom stereocenters. The van der Waals surface area contributed by atoms with Crippen LogP contribution in [0.2, 0.25) is 0 Å². The highest BCUT2D eigenvalue weighted by molar-refractivity contribution is 5.85. The molecule has 2 rings (SSSR count). The molecule has 0 aliphatic carbocycles. The number of hydrogen-bond donors (Lipinski definition) is 2. The number of rotatable bonds is 4. The number of anilines is 1. The molecule has 0 spiro atoms. The van der Waals surface area contributed by atoms with Crippen LogP contribution in [0.25, 0.3) is 0 Å². The van der Waals surface area contributed by atoms with Crippen molar-refractivity contribution >= 4 is 30.5 Å². The van der Waals surface area contributed by atoms with Crippen LogP contribution >= 0.6 is 24.8 Å². The number of nitrogens with one attached hydrogen (secondary N) is 1. The third-order valence-electron chi connectivity index (χ3n) is 3.45. The zero-order chi connectivity index (χ0) is 12.1. The van der Waals surface area contributed by atoms with E-state index in [1.807, 2.05) is 19.2 Å². The Labute approximate surface area is 128 Å². The number of likely N-dealkylation sites (tertiary alicyclic amines) is 1. The van der Waals surface area contributed by atoms with E-state index in [0.717, 1.165) is 24.7 Å². The highest BCUT2D eigenvalue weighted by Crippen LogP contribution is 2.18. The van der Waals surface area contributed by atoms with Crippen molar-refractivity contribution in [2.45, 2.75) is 19.4 Å². The lowest BCUT2D eigenvalue weighted by molar-refractivity contribution is 0.167. The van der Waals surface area contributed by atoms with E-state index in [-0.39, 0.29) is 24.8 Å². The van der Waals surface area contributed by atoms with Crippen LogP contribution in [0, 0.1) is 5.92 Å². The molecule has 1 unspecified atom stereocenters. The highest BCUT2D eigenvalue weighted by atomic mass is 35.5. The van der Waals surface area contributed by atoms with Crippen molar-refractivity contribution < 1.29 is 0 Å². The molecule has 0 saturated carbocycles. The zero-order valence-corrected chi connectivity index (χ0v) is 13.1. The second-order valence-corrected chi connectivity index (χ2v) is 5.05. The fourth-order valence-electron chi connectivity index (χ4n) is 2.70. The normalized spacial score (nSPS) is 19.3. The first-order chi connectivity index (χ1) is 8.28. The van der Waals surface area contributed by atoms with Gasteiger partial charge in [-0.05, 0) is 56.6 Å². The predicted molar refractivity (Wildman–Crippen MR) is 87.3 cm³/mol. The smallest absolute Gasteiger partial charge is 0.0317 e. The van der Waals surface area contributed by atoms with E-state index in [9.17, 15) is 0 Å². The first-order valence-electron chi connectivity index (χ1n) is 6.49. The molecule has 1 saturated heterocycles. The Bertz CT molecular complexity index is 358. The summed E-state index contributed by atoms with van der Waals surface area (Å²) in [6.45, 7) is 4.59. The van der Waals surface area contributed by atoms with Gasteiger partial charge < -0.3 is 11.1 Å². The molecule has 1 heterocycles. The molecule has 0 bridgehead atoms. The SMILES string of the molecule is CNCC1CCCN(Cc2cccc(N)c2)C1.Cl.Cl. The van der Waals surface area contributed by atoms with Gasteiger partial charge in [0.2, 0.25) is 0 Å². The molecular formula is C14H25Cl2N3. The van der Waals surface area contributed by atoms with Crippen LogP contribution < -0.4 is 11.1 Å². The summed E-state index contributed by atoms with van der Waals surface area (Å²) in [6.07, 6.45) is 2.67. The Balaban J connectivity index is 0.00000162. The topological polar surface area (TPSA) is 41.3 Å². The second-order valence-electron chi connectivity index (χ2n) is 5.05. The van der Waals surface area contributed by atoms with E-state index in [0.29, 0.717) is 0 Å². The average molecular weight is 306 g/mol. The summed E-state index contributed by atoms with van der Waals surface area (Å²) in [7, 11) is 2.04. The first-order valence-corrected chi connectivity index (χ1v) is 6.49. The summed E-state index contributed by atoms with van der Waals surface area (Å²) >= 11 is 0. The maximum absolute atomic E-state index is 5.81. The summed E-state index contributed by atoms with van der Waals surface area (Å²) in [5.41, 5.74) is 8.01. The molecule has 1 aromatic rings. The molecule has 3 nitrogen and oxygen atoms in total. The van der Waals surface area contributed by atoms with Crippen LogP contribution in [0.4, 0.5) is 5.69 Å². The molecule has 19 heavy (non-hydrogen) atoms. The lowest BCUT2D eigenvalue weighted by Crippen LogP contribution is -2.38. The van der Waals surface area contributed by atoms with Crippen LogP contribution in [0.1, 0.15) is 18.4 Å². The third-order valence-corrected chi connectivity index (χ3v) is 3.45. The van der Waals surface area contributed by atoms with Gasteiger partial charge in [-0.2, -0.15) is 0 Å². The fraction of sp³-hybridized carbons (Fsp3) is 0.571. The Morgan fingerprint density at radius 2 is 2.16 bits per heavy atom. The molecule has 1 fully saturated rings. The van der Waals surface area contributed by atoms with Crippen LogP contribution in [-0.4, -0.2) is 31.6 Å². The molecule has 1 aliphatic heterocycles. The van der Waals surface area contributed by atoms with E-state index in [1.54, 1.807) is 0 Å². The highest BCUT2D eigenvalue weighted by Gasteiger charge is 2.19. The minimum absolute atomic E-state index is 0. The molecular weight excluding hydrogens is 281 g/mol. The van der Waals surface area contributed by atoms with Gasteiger partial charge in [0, 0.05) is 18.8 Å². The lowest BCUT2D eigenvalue weighted by atomic mass is 9.97. The summed E-state index contributed by atoms with van der Waals surface area (Å²) in [6, 6.07) is 8.24. The summed E-state index contributed by atoms with van der Waals surface area (Å²) < 4.78 is 0. The molecule has 1 aromatic carbocycles. The van der Waals surface area contributed by atoms with Gasteiger partial charge >= 0.3 is 0 Å². The Kier molecular flexibility index (Phi) is 9.19. The maximum atomic E-state index is 5.81. The van der Waals surface area contributed by atoms with Gasteiger partial charge in [-0.25, -0.2) is 0 Å². The van der Waals surface area contributed by atoms with E-state index in [4.69, 9.17) is 5.73 Å². The van der Waals surface area contributed by atoms with Crippen molar-refractivity contribution in [1.82, 2.24) is 10.2 Å². The van der Waals surface area contributed by atoms with Crippen molar-refractivity contribution in [3.8, 4) is 0 Å². The number of nitrogens with zero attached hydrogens (tertiary/aromatic N) is 1. The van der Waals surface area contributed by atoms with E-state index < -0.39 is 0 Å². The van der Waals surface area contributed by atoms with Crippen LogP contribution in [0.5, 0.6) is 0 Å². The van der Waals surface area contributed by atoms with Crippen molar-refractivity contribution in [3.05, 3.63) is 29.8 Å². The van der Waals surface area contributed by atoms with Gasteiger partial charge in [-0.1, -0.05) is 12.1 Å². The molecule has 5 heteroatoms. The van der Waals surface area contributed by atoms with Crippen molar-refractivity contribution in [2.24, 2.45) is 5.92 Å². The molecule has 0 aromatic heterocycles. The monoisotopic (exact) mass is 305 g/mol. The molecule has 0 amide bonds. The van der Waals surface area contributed by atoms with Gasteiger partial charge in [-0.15, -0.1) is 24.8 Å². The van der Waals surface area contributed by atoms with Gasteiger partial charge in [-0.3, -0.25) is 4.90 Å². The van der Waals surface area contributed by atoms with E-state index in [2.05, 4.69) is 22.3 Å². The minimum Gasteiger partial charge on any atom is -0.399 e. The van der Waals surface area contributed by atoms with Gasteiger partial charge in [0.25, 0.3) is 0 Å². The number of hydrogen-bond acceptors (Lipinski definition) is 3. The first kappa shape index (κ1) is 18.5. The van der Waals surface area contributed by atoms with Crippen molar-refractivity contribution in [3.63, 3.8) is 0 Å².